The van der Waals surface area contributed by atoms with E-state index in [0.717, 1.165) is 48.6 Å². The van der Waals surface area contributed by atoms with E-state index in [1.165, 1.54) is 0 Å². The van der Waals surface area contributed by atoms with Gasteiger partial charge in [-0.25, -0.2) is 4.98 Å². The van der Waals surface area contributed by atoms with Gasteiger partial charge in [0.15, 0.2) is 5.01 Å². The molecule has 1 aliphatic rings. The topological polar surface area (TPSA) is 24.9 Å². The van der Waals surface area contributed by atoms with Crippen molar-refractivity contribution in [3.63, 3.8) is 0 Å². The van der Waals surface area contributed by atoms with Gasteiger partial charge in [0.25, 0.3) is 0 Å². The lowest BCUT2D eigenvalue weighted by molar-refractivity contribution is -0.137. The van der Waals surface area contributed by atoms with Crippen molar-refractivity contribution < 1.29 is 13.2 Å². The number of aryl methyl sites for hydroxylation is 1. The molecule has 6 heteroatoms. The number of rotatable bonds is 4. The minimum absolute atomic E-state index is 0.134. The number of hydrogen-bond acceptors (Lipinski definition) is 3. The van der Waals surface area contributed by atoms with Gasteiger partial charge in [-0.1, -0.05) is 13.8 Å². The van der Waals surface area contributed by atoms with E-state index < -0.39 is 11.2 Å². The molecule has 108 valence electrons. The van der Waals surface area contributed by atoms with Gasteiger partial charge in [0.2, 0.25) is 0 Å². The van der Waals surface area contributed by atoms with Gasteiger partial charge in [-0.3, -0.25) is 0 Å². The zero-order chi connectivity index (χ0) is 14.0. The number of fused-ring (bicyclic) bond motifs is 1. The summed E-state index contributed by atoms with van der Waals surface area (Å²) in [5.74, 6) is 0.680. The van der Waals surface area contributed by atoms with Crippen LogP contribution in [0.15, 0.2) is 0 Å². The smallest absolute Gasteiger partial charge is 0.316 e. The molecule has 0 aliphatic heterocycles. The number of alkyl halides is 3. The molecule has 2 nitrogen and oxygen atoms in total. The molecular formula is C13H19F3N2S. The van der Waals surface area contributed by atoms with Crippen LogP contribution < -0.4 is 5.32 Å². The Hall–Kier alpha value is -0.620. The number of aromatic nitrogens is 1. The second kappa shape index (κ2) is 5.79. The number of nitrogens with one attached hydrogen (secondary N) is 1. The Balaban J connectivity index is 2.08. The third-order valence-corrected chi connectivity index (χ3v) is 4.43. The van der Waals surface area contributed by atoms with Crippen molar-refractivity contribution in [1.82, 2.24) is 10.3 Å². The SMILES string of the molecule is CC(C)CNCC1CCCc2sc(C(F)(F)F)nc21. The highest BCUT2D eigenvalue weighted by atomic mass is 32.1. The van der Waals surface area contributed by atoms with Crippen molar-refractivity contribution in [3.8, 4) is 0 Å². The molecule has 1 heterocycles. The molecule has 1 aromatic rings. The summed E-state index contributed by atoms with van der Waals surface area (Å²) >= 11 is 0.822. The first-order valence-electron chi connectivity index (χ1n) is 6.65. The quantitative estimate of drug-likeness (QED) is 0.912. The van der Waals surface area contributed by atoms with Gasteiger partial charge in [0.1, 0.15) is 0 Å². The van der Waals surface area contributed by atoms with Crippen LogP contribution in [0, 0.1) is 5.92 Å². The van der Waals surface area contributed by atoms with E-state index in [9.17, 15) is 13.2 Å². The molecule has 0 amide bonds. The largest absolute Gasteiger partial charge is 0.443 e. The molecule has 2 rings (SSSR count). The van der Waals surface area contributed by atoms with Crippen LogP contribution >= 0.6 is 11.3 Å². The van der Waals surface area contributed by atoms with Gasteiger partial charge in [-0.15, -0.1) is 11.3 Å². The second-order valence-corrected chi connectivity index (χ2v) is 6.55. The highest BCUT2D eigenvalue weighted by Crippen LogP contribution is 2.40. The molecule has 1 aliphatic carbocycles. The standard InChI is InChI=1S/C13H19F3N2S/c1-8(2)6-17-7-9-4-3-5-10-11(9)18-12(19-10)13(14,15)16/h8-9,17H,3-7H2,1-2H3. The third-order valence-electron chi connectivity index (χ3n) is 3.26. The molecule has 0 radical (unpaired) electrons. The van der Waals surface area contributed by atoms with E-state index in [1.807, 2.05) is 0 Å². The average molecular weight is 292 g/mol. The van der Waals surface area contributed by atoms with Crippen LogP contribution in [0.1, 0.15) is 48.2 Å². The fraction of sp³-hybridized carbons (Fsp3) is 0.769. The lowest BCUT2D eigenvalue weighted by Crippen LogP contribution is -2.27. The van der Waals surface area contributed by atoms with Crippen LogP contribution in [0.2, 0.25) is 0 Å². The fourth-order valence-electron chi connectivity index (χ4n) is 2.37. The Morgan fingerprint density at radius 1 is 1.42 bits per heavy atom. The fourth-order valence-corrected chi connectivity index (χ4v) is 3.43. The van der Waals surface area contributed by atoms with Gasteiger partial charge in [0.05, 0.1) is 5.69 Å². The minimum atomic E-state index is -4.31. The molecule has 0 spiro atoms. The van der Waals surface area contributed by atoms with E-state index in [0.29, 0.717) is 11.6 Å². The summed E-state index contributed by atoms with van der Waals surface area (Å²) in [6, 6.07) is 0. The number of thiazole rings is 1. The average Bonchev–Trinajstić information content (AvgIpc) is 2.72. The maximum absolute atomic E-state index is 12.7. The van der Waals surface area contributed by atoms with Crippen LogP contribution in [0.5, 0.6) is 0 Å². The Bertz CT molecular complexity index is 426. The van der Waals surface area contributed by atoms with Gasteiger partial charge in [-0.2, -0.15) is 13.2 Å². The van der Waals surface area contributed by atoms with Gasteiger partial charge < -0.3 is 5.32 Å². The molecule has 1 atom stereocenters. The van der Waals surface area contributed by atoms with Crippen LogP contribution in [0.25, 0.3) is 0 Å². The first kappa shape index (κ1) is 14.8. The third kappa shape index (κ3) is 3.69. The molecule has 1 N–H and O–H groups in total. The maximum atomic E-state index is 12.7. The first-order chi connectivity index (χ1) is 8.88. The second-order valence-electron chi connectivity index (χ2n) is 5.47. The summed E-state index contributed by atoms with van der Waals surface area (Å²) in [5, 5.41) is 2.64. The van der Waals surface area contributed by atoms with Crippen LogP contribution in [0.3, 0.4) is 0 Å². The van der Waals surface area contributed by atoms with Crippen molar-refractivity contribution in [3.05, 3.63) is 15.6 Å². The highest BCUT2D eigenvalue weighted by molar-refractivity contribution is 7.11. The van der Waals surface area contributed by atoms with Crippen LogP contribution in [-0.2, 0) is 12.6 Å². The predicted octanol–water partition coefficient (Wildman–Crippen LogP) is 3.83. The predicted molar refractivity (Wildman–Crippen MR) is 70.5 cm³/mol. The summed E-state index contributed by atoms with van der Waals surface area (Å²) in [6.45, 7) is 5.85. The van der Waals surface area contributed by atoms with Crippen molar-refractivity contribution in [1.29, 1.82) is 0 Å². The summed E-state index contributed by atoms with van der Waals surface area (Å²) in [5.41, 5.74) is 0.680. The molecule has 0 aromatic carbocycles. The number of hydrogen-bond donors (Lipinski definition) is 1. The molecule has 0 saturated carbocycles. The minimum Gasteiger partial charge on any atom is -0.316 e. The van der Waals surface area contributed by atoms with Gasteiger partial charge in [0, 0.05) is 17.3 Å². The highest BCUT2D eigenvalue weighted by Gasteiger charge is 2.37. The molecule has 1 aromatic heterocycles. The maximum Gasteiger partial charge on any atom is 0.443 e. The van der Waals surface area contributed by atoms with E-state index in [1.54, 1.807) is 0 Å². The van der Waals surface area contributed by atoms with E-state index in [2.05, 4.69) is 24.1 Å². The summed E-state index contributed by atoms with van der Waals surface area (Å²) in [6.07, 6.45) is -1.68. The van der Waals surface area contributed by atoms with Crippen molar-refractivity contribution >= 4 is 11.3 Å². The van der Waals surface area contributed by atoms with E-state index in [4.69, 9.17) is 0 Å². The zero-order valence-corrected chi connectivity index (χ0v) is 12.0. The van der Waals surface area contributed by atoms with Crippen molar-refractivity contribution in [2.45, 2.75) is 45.2 Å². The summed E-state index contributed by atoms with van der Waals surface area (Å²) in [7, 11) is 0. The van der Waals surface area contributed by atoms with E-state index in [-0.39, 0.29) is 5.92 Å². The van der Waals surface area contributed by atoms with E-state index >= 15 is 0 Å². The normalized spacial score (nSPS) is 19.8. The Kier molecular flexibility index (Phi) is 4.50. The number of halogens is 3. The molecule has 0 fully saturated rings. The van der Waals surface area contributed by atoms with Gasteiger partial charge in [-0.05, 0) is 31.7 Å². The Labute approximate surface area is 115 Å². The van der Waals surface area contributed by atoms with Crippen LogP contribution in [-0.4, -0.2) is 18.1 Å². The molecule has 0 bridgehead atoms. The molecule has 0 saturated heterocycles. The summed E-state index contributed by atoms with van der Waals surface area (Å²) in [4.78, 5) is 4.68. The van der Waals surface area contributed by atoms with Crippen LogP contribution in [0.4, 0.5) is 13.2 Å². The first-order valence-corrected chi connectivity index (χ1v) is 7.47. The van der Waals surface area contributed by atoms with Gasteiger partial charge >= 0.3 is 6.18 Å². The lowest BCUT2D eigenvalue weighted by atomic mass is 9.91. The Morgan fingerprint density at radius 2 is 2.16 bits per heavy atom. The summed E-state index contributed by atoms with van der Waals surface area (Å²) < 4.78 is 38.1. The number of nitrogens with zero attached hydrogens (tertiary/aromatic N) is 1. The monoisotopic (exact) mass is 292 g/mol. The molecular weight excluding hydrogens is 273 g/mol. The lowest BCUT2D eigenvalue weighted by Gasteiger charge is -2.22. The van der Waals surface area contributed by atoms with Crippen molar-refractivity contribution in [2.75, 3.05) is 13.1 Å². The molecule has 19 heavy (non-hydrogen) atoms. The van der Waals surface area contributed by atoms with Crippen molar-refractivity contribution in [2.24, 2.45) is 5.92 Å². The Morgan fingerprint density at radius 3 is 2.79 bits per heavy atom. The molecule has 1 unspecified atom stereocenters. The zero-order valence-electron chi connectivity index (χ0n) is 11.2.